The lowest BCUT2D eigenvalue weighted by Crippen LogP contribution is -2.54. The quantitative estimate of drug-likeness (QED) is 0.640. The van der Waals surface area contributed by atoms with E-state index in [2.05, 4.69) is 15.0 Å². The molecule has 112 valence electrons. The first-order chi connectivity index (χ1) is 10.1. The van der Waals surface area contributed by atoms with E-state index in [1.165, 1.54) is 12.7 Å². The molecule has 2 aromatic heterocycles. The van der Waals surface area contributed by atoms with Crippen molar-refractivity contribution in [1.82, 2.24) is 19.5 Å². The summed E-state index contributed by atoms with van der Waals surface area (Å²) in [7, 11) is 0. The summed E-state index contributed by atoms with van der Waals surface area (Å²) in [5.41, 5.74) is -0.422. The summed E-state index contributed by atoms with van der Waals surface area (Å²) in [5.74, 6) is -0.203. The smallest absolute Gasteiger partial charge is 0.242 e. The van der Waals surface area contributed by atoms with E-state index in [1.807, 2.05) is 0 Å². The van der Waals surface area contributed by atoms with Gasteiger partial charge in [0.25, 0.3) is 0 Å². The Morgan fingerprint density at radius 1 is 1.38 bits per heavy atom. The molecule has 4 atom stereocenters. The average Bonchev–Trinajstić information content (AvgIpc) is 2.98. The maximum atomic E-state index is 10.1. The fraction of sp³-hybridized carbons (Fsp3) is 0.583. The molecule has 0 aromatic carbocycles. The first-order valence-electron chi connectivity index (χ1n) is 6.59. The van der Waals surface area contributed by atoms with Crippen LogP contribution < -0.4 is 0 Å². The zero-order chi connectivity index (χ0) is 14.6. The second-order valence-electron chi connectivity index (χ2n) is 5.35. The van der Waals surface area contributed by atoms with E-state index in [0.29, 0.717) is 12.1 Å². The molecule has 0 aliphatic carbocycles. The van der Waals surface area contributed by atoms with Gasteiger partial charge in [-0.05, 0) is 0 Å². The minimum Gasteiger partial charge on any atom is -0.492 e. The number of nitrogens with zero attached hydrogens (tertiary/aromatic N) is 4. The van der Waals surface area contributed by atoms with Crippen LogP contribution in [0.2, 0.25) is 0 Å². The van der Waals surface area contributed by atoms with Gasteiger partial charge in [-0.2, -0.15) is 4.98 Å². The molecule has 21 heavy (non-hydrogen) atoms. The molecule has 0 amide bonds. The van der Waals surface area contributed by atoms with E-state index in [1.54, 1.807) is 4.57 Å². The van der Waals surface area contributed by atoms with E-state index in [-0.39, 0.29) is 24.6 Å². The molecule has 0 saturated carbocycles. The van der Waals surface area contributed by atoms with Gasteiger partial charge < -0.3 is 24.8 Å². The Labute approximate surface area is 118 Å². The third-order valence-electron chi connectivity index (χ3n) is 4.15. The van der Waals surface area contributed by atoms with Crippen molar-refractivity contribution in [3.8, 4) is 5.88 Å². The van der Waals surface area contributed by atoms with Crippen LogP contribution in [-0.2, 0) is 9.47 Å². The van der Waals surface area contributed by atoms with Gasteiger partial charge in [0, 0.05) is 6.42 Å². The lowest BCUT2D eigenvalue weighted by atomic mass is 9.92. The van der Waals surface area contributed by atoms with Gasteiger partial charge in [-0.15, -0.1) is 0 Å². The molecule has 2 aliphatic rings. The number of aliphatic hydroxyl groups is 2. The van der Waals surface area contributed by atoms with Crippen molar-refractivity contribution in [2.45, 2.75) is 30.5 Å². The van der Waals surface area contributed by atoms with Gasteiger partial charge in [0.1, 0.15) is 24.3 Å². The highest BCUT2D eigenvalue weighted by atomic mass is 16.6. The molecule has 2 saturated heterocycles. The predicted octanol–water partition coefficient (Wildman–Crippen LogP) is -1.06. The third kappa shape index (κ3) is 1.69. The van der Waals surface area contributed by atoms with Crippen molar-refractivity contribution in [3.63, 3.8) is 0 Å². The van der Waals surface area contributed by atoms with Crippen molar-refractivity contribution in [3.05, 3.63) is 12.7 Å². The molecule has 9 heteroatoms. The van der Waals surface area contributed by atoms with Crippen LogP contribution in [0.5, 0.6) is 5.88 Å². The molecule has 2 aromatic rings. The fourth-order valence-corrected chi connectivity index (χ4v) is 2.98. The average molecular weight is 294 g/mol. The first-order valence-corrected chi connectivity index (χ1v) is 6.59. The van der Waals surface area contributed by atoms with Gasteiger partial charge in [-0.1, -0.05) is 0 Å². The molecular weight excluding hydrogens is 280 g/mol. The van der Waals surface area contributed by atoms with Gasteiger partial charge in [0.05, 0.1) is 25.6 Å². The molecule has 2 unspecified atom stereocenters. The summed E-state index contributed by atoms with van der Waals surface area (Å²) in [6, 6.07) is 0. The summed E-state index contributed by atoms with van der Waals surface area (Å²) >= 11 is 0. The van der Waals surface area contributed by atoms with Crippen LogP contribution >= 0.6 is 0 Å². The van der Waals surface area contributed by atoms with Crippen molar-refractivity contribution in [1.29, 1.82) is 0 Å². The second kappa shape index (κ2) is 4.34. The third-order valence-corrected chi connectivity index (χ3v) is 4.15. The lowest BCUT2D eigenvalue weighted by Gasteiger charge is -2.39. The van der Waals surface area contributed by atoms with Crippen LogP contribution in [0.25, 0.3) is 11.2 Å². The maximum Gasteiger partial charge on any atom is 0.242 e. The number of ether oxygens (including phenoxy) is 2. The number of aliphatic hydroxyl groups excluding tert-OH is 2. The number of rotatable bonds is 2. The molecule has 9 nitrogen and oxygen atoms in total. The van der Waals surface area contributed by atoms with E-state index in [9.17, 15) is 15.3 Å². The summed E-state index contributed by atoms with van der Waals surface area (Å²) in [6.45, 7) is -0.202. The minimum atomic E-state index is -1.13. The molecular formula is C12H14N4O5. The molecule has 4 rings (SSSR count). The Bertz CT molecular complexity index is 691. The number of hydrogen-bond donors (Lipinski definition) is 3. The summed E-state index contributed by atoms with van der Waals surface area (Å²) in [4.78, 5) is 11.8. The number of fused-ring (bicyclic) bond motifs is 3. The summed E-state index contributed by atoms with van der Waals surface area (Å²) < 4.78 is 13.0. The van der Waals surface area contributed by atoms with Gasteiger partial charge >= 0.3 is 0 Å². The van der Waals surface area contributed by atoms with Gasteiger partial charge in [-0.25, -0.2) is 9.97 Å². The highest BCUT2D eigenvalue weighted by Crippen LogP contribution is 2.42. The van der Waals surface area contributed by atoms with Crippen LogP contribution in [0.4, 0.5) is 0 Å². The summed E-state index contributed by atoms with van der Waals surface area (Å²) in [6.07, 6.45) is 1.36. The van der Waals surface area contributed by atoms with Crippen LogP contribution in [0.3, 0.4) is 0 Å². The Balaban J connectivity index is 1.75. The second-order valence-corrected chi connectivity index (χ2v) is 5.35. The van der Waals surface area contributed by atoms with Crippen molar-refractivity contribution < 1.29 is 24.8 Å². The molecule has 4 heterocycles. The van der Waals surface area contributed by atoms with E-state index < -0.39 is 24.0 Å². The lowest BCUT2D eigenvalue weighted by molar-refractivity contribution is -0.206. The molecule has 3 N–H and O–H groups in total. The van der Waals surface area contributed by atoms with E-state index >= 15 is 0 Å². The number of hydrogen-bond acceptors (Lipinski definition) is 8. The monoisotopic (exact) mass is 294 g/mol. The molecule has 0 radical (unpaired) electrons. The predicted molar refractivity (Wildman–Crippen MR) is 67.3 cm³/mol. The van der Waals surface area contributed by atoms with Gasteiger partial charge in [0.15, 0.2) is 11.2 Å². The summed E-state index contributed by atoms with van der Waals surface area (Å²) in [5, 5.41) is 29.4. The van der Waals surface area contributed by atoms with E-state index in [4.69, 9.17) is 9.47 Å². The topological polar surface area (TPSA) is 123 Å². The number of aromatic nitrogens is 4. The molecule has 2 fully saturated rings. The Hall–Kier alpha value is -1.81. The Morgan fingerprint density at radius 2 is 2.24 bits per heavy atom. The normalized spacial score (nSPS) is 35.4. The fourth-order valence-electron chi connectivity index (χ4n) is 2.98. The van der Waals surface area contributed by atoms with Gasteiger partial charge in [0.2, 0.25) is 5.88 Å². The van der Waals surface area contributed by atoms with Crippen molar-refractivity contribution in [2.75, 3.05) is 13.2 Å². The van der Waals surface area contributed by atoms with Crippen LogP contribution in [-0.4, -0.2) is 65.9 Å². The highest BCUT2D eigenvalue weighted by Gasteiger charge is 2.56. The molecule has 0 spiro atoms. The highest BCUT2D eigenvalue weighted by molar-refractivity contribution is 5.75. The number of aromatic hydroxyl groups is 1. The van der Waals surface area contributed by atoms with Crippen molar-refractivity contribution in [2.24, 2.45) is 0 Å². The SMILES string of the molecule is OC[C@@]12COC(CC(n3cnc4c(O)ncnc43)O1)[C@@H]2O. The Kier molecular flexibility index (Phi) is 2.67. The molecule has 2 bridgehead atoms. The van der Waals surface area contributed by atoms with Crippen LogP contribution in [0.15, 0.2) is 12.7 Å². The van der Waals surface area contributed by atoms with Crippen molar-refractivity contribution >= 4 is 11.2 Å². The van der Waals surface area contributed by atoms with Crippen LogP contribution in [0.1, 0.15) is 12.6 Å². The standard InChI is InChI=1S/C12H14N4O5/c17-2-12-3-20-6(9(12)18)1-7(21-12)16-5-15-8-10(16)13-4-14-11(8)19/h4-7,9,17-18H,1-3H2,(H,13,14,19)/t6?,7?,9-,12-/m0/s1. The van der Waals surface area contributed by atoms with Crippen LogP contribution in [0, 0.1) is 0 Å². The minimum absolute atomic E-state index is 0.138. The van der Waals surface area contributed by atoms with E-state index in [0.717, 1.165) is 0 Å². The first kappa shape index (κ1) is 12.9. The Morgan fingerprint density at radius 3 is 3.05 bits per heavy atom. The molecule has 2 aliphatic heterocycles. The maximum absolute atomic E-state index is 10.1. The zero-order valence-electron chi connectivity index (χ0n) is 11.0. The zero-order valence-corrected chi connectivity index (χ0v) is 11.0. The van der Waals surface area contributed by atoms with Gasteiger partial charge in [-0.3, -0.25) is 4.57 Å². The number of imidazole rings is 1. The largest absolute Gasteiger partial charge is 0.492 e.